The molecule has 1 amide bonds. The van der Waals surface area contributed by atoms with Gasteiger partial charge in [0, 0.05) is 0 Å². The molecular weight excluding hydrogens is 356 g/mol. The summed E-state index contributed by atoms with van der Waals surface area (Å²) in [6, 6.07) is 17.7. The van der Waals surface area contributed by atoms with Crippen molar-refractivity contribution in [3.05, 3.63) is 83.3 Å². The van der Waals surface area contributed by atoms with E-state index in [2.05, 4.69) is 19.1 Å². The second-order valence-electron chi connectivity index (χ2n) is 6.60. The Morgan fingerprint density at radius 1 is 1.04 bits per heavy atom. The monoisotopic (exact) mass is 376 g/mol. The van der Waals surface area contributed by atoms with Gasteiger partial charge in [-0.15, -0.1) is 0 Å². The molecule has 4 aromatic rings. The number of aromatic nitrogens is 1. The van der Waals surface area contributed by atoms with Crippen molar-refractivity contribution in [2.75, 3.05) is 4.90 Å². The van der Waals surface area contributed by atoms with Crippen LogP contribution in [-0.2, 0) is 17.8 Å². The zero-order valence-electron chi connectivity index (χ0n) is 15.3. The van der Waals surface area contributed by atoms with Gasteiger partial charge in [0.25, 0.3) is 0 Å². The first-order valence-corrected chi connectivity index (χ1v) is 9.67. The van der Waals surface area contributed by atoms with E-state index in [1.807, 2.05) is 49.4 Å². The number of hydrogen-bond acceptors (Lipinski definition) is 4. The van der Waals surface area contributed by atoms with Crippen LogP contribution in [0.25, 0.3) is 10.2 Å². The molecule has 0 aliphatic carbocycles. The van der Waals surface area contributed by atoms with Crippen molar-refractivity contribution in [2.45, 2.75) is 26.8 Å². The fourth-order valence-electron chi connectivity index (χ4n) is 3.05. The van der Waals surface area contributed by atoms with Gasteiger partial charge in [-0.3, -0.25) is 9.69 Å². The maximum absolute atomic E-state index is 13.1. The van der Waals surface area contributed by atoms with Crippen molar-refractivity contribution in [3.8, 4) is 0 Å². The zero-order chi connectivity index (χ0) is 18.8. The molecule has 0 atom stereocenters. The first-order chi connectivity index (χ1) is 13.1. The molecule has 5 heteroatoms. The van der Waals surface area contributed by atoms with Crippen LogP contribution in [0.1, 0.15) is 22.5 Å². The first-order valence-electron chi connectivity index (χ1n) is 8.85. The van der Waals surface area contributed by atoms with Gasteiger partial charge in [0.15, 0.2) is 5.13 Å². The molecule has 0 radical (unpaired) electrons. The molecule has 4 rings (SSSR count). The summed E-state index contributed by atoms with van der Waals surface area (Å²) >= 11 is 1.56. The normalized spacial score (nSPS) is 11.0. The fourth-order valence-corrected chi connectivity index (χ4v) is 4.18. The smallest absolute Gasteiger partial charge is 0.233 e. The molecule has 2 aromatic carbocycles. The summed E-state index contributed by atoms with van der Waals surface area (Å²) in [7, 11) is 0. The van der Waals surface area contributed by atoms with E-state index < -0.39 is 0 Å². The van der Waals surface area contributed by atoms with Crippen LogP contribution in [0.5, 0.6) is 0 Å². The lowest BCUT2D eigenvalue weighted by atomic mass is 10.1. The van der Waals surface area contributed by atoms with Gasteiger partial charge in [0.1, 0.15) is 5.76 Å². The molecule has 27 heavy (non-hydrogen) atoms. The molecule has 0 aliphatic rings. The Labute approximate surface area is 162 Å². The molecule has 0 aliphatic heterocycles. The third-order valence-corrected chi connectivity index (χ3v) is 5.77. The second-order valence-corrected chi connectivity index (χ2v) is 7.57. The van der Waals surface area contributed by atoms with Crippen LogP contribution in [0.15, 0.2) is 65.3 Å². The van der Waals surface area contributed by atoms with Gasteiger partial charge >= 0.3 is 0 Å². The maximum atomic E-state index is 13.1. The predicted molar refractivity (Wildman–Crippen MR) is 109 cm³/mol. The van der Waals surface area contributed by atoms with Crippen molar-refractivity contribution in [1.82, 2.24) is 4.98 Å². The Morgan fingerprint density at radius 2 is 1.81 bits per heavy atom. The van der Waals surface area contributed by atoms with E-state index in [0.29, 0.717) is 18.1 Å². The zero-order valence-corrected chi connectivity index (χ0v) is 16.1. The standard InChI is InChI=1S/C22H20N2O2S/c1-15-10-11-16(2)21-20(15)23-22(27-21)24(14-18-9-6-12-26-18)19(25)13-17-7-4-3-5-8-17/h3-12H,13-14H2,1-2H3. The predicted octanol–water partition coefficient (Wildman–Crippen LogP) is 5.28. The summed E-state index contributed by atoms with van der Waals surface area (Å²) in [6.07, 6.45) is 1.96. The molecule has 0 bridgehead atoms. The minimum Gasteiger partial charge on any atom is -0.467 e. The highest BCUT2D eigenvalue weighted by Gasteiger charge is 2.22. The van der Waals surface area contributed by atoms with Crippen LogP contribution in [0.2, 0.25) is 0 Å². The van der Waals surface area contributed by atoms with E-state index in [4.69, 9.17) is 9.40 Å². The Hall–Kier alpha value is -2.92. The summed E-state index contributed by atoms with van der Waals surface area (Å²) in [4.78, 5) is 19.7. The molecule has 0 fully saturated rings. The van der Waals surface area contributed by atoms with E-state index in [-0.39, 0.29) is 5.91 Å². The lowest BCUT2D eigenvalue weighted by Gasteiger charge is -2.18. The number of carbonyl (C=O) groups is 1. The number of anilines is 1. The van der Waals surface area contributed by atoms with Crippen molar-refractivity contribution in [1.29, 1.82) is 0 Å². The first kappa shape index (κ1) is 17.5. The number of rotatable bonds is 5. The van der Waals surface area contributed by atoms with Crippen molar-refractivity contribution < 1.29 is 9.21 Å². The van der Waals surface area contributed by atoms with E-state index in [1.165, 1.54) is 5.56 Å². The largest absolute Gasteiger partial charge is 0.467 e. The molecule has 136 valence electrons. The van der Waals surface area contributed by atoms with Crippen LogP contribution in [-0.4, -0.2) is 10.9 Å². The third kappa shape index (κ3) is 3.64. The van der Waals surface area contributed by atoms with Gasteiger partial charge in [0.2, 0.25) is 5.91 Å². The number of amides is 1. The minimum atomic E-state index is 0.00645. The second kappa shape index (κ2) is 7.37. The lowest BCUT2D eigenvalue weighted by Crippen LogP contribution is -2.31. The van der Waals surface area contributed by atoms with Crippen LogP contribution >= 0.6 is 11.3 Å². The SMILES string of the molecule is Cc1ccc(C)c2sc(N(Cc3ccco3)C(=O)Cc3ccccc3)nc12. The van der Waals surface area contributed by atoms with E-state index in [9.17, 15) is 4.79 Å². The molecule has 4 nitrogen and oxygen atoms in total. The average Bonchev–Trinajstić information content (AvgIpc) is 3.34. The van der Waals surface area contributed by atoms with Gasteiger partial charge < -0.3 is 4.42 Å². The fraction of sp³-hybridized carbons (Fsp3) is 0.182. The van der Waals surface area contributed by atoms with Crippen molar-refractivity contribution >= 4 is 32.6 Å². The van der Waals surface area contributed by atoms with Crippen molar-refractivity contribution in [2.24, 2.45) is 0 Å². The van der Waals surface area contributed by atoms with Gasteiger partial charge in [-0.1, -0.05) is 53.8 Å². The number of hydrogen-bond donors (Lipinski definition) is 0. The Bertz CT molecular complexity index is 1030. The Balaban J connectivity index is 1.72. The summed E-state index contributed by atoms with van der Waals surface area (Å²) < 4.78 is 6.62. The number of aryl methyl sites for hydroxylation is 2. The lowest BCUT2D eigenvalue weighted by molar-refractivity contribution is -0.118. The molecule has 0 spiro atoms. The summed E-state index contributed by atoms with van der Waals surface area (Å²) in [5.41, 5.74) is 4.24. The highest BCUT2D eigenvalue weighted by Crippen LogP contribution is 2.34. The molecule has 0 saturated heterocycles. The molecule has 0 unspecified atom stereocenters. The van der Waals surface area contributed by atoms with Gasteiger partial charge in [-0.25, -0.2) is 4.98 Å². The highest BCUT2D eigenvalue weighted by atomic mass is 32.1. The van der Waals surface area contributed by atoms with Crippen LogP contribution in [0.3, 0.4) is 0 Å². The number of thiazole rings is 1. The van der Waals surface area contributed by atoms with Crippen LogP contribution < -0.4 is 4.90 Å². The quantitative estimate of drug-likeness (QED) is 0.476. The molecule has 0 saturated carbocycles. The summed E-state index contributed by atoms with van der Waals surface area (Å²) in [5.74, 6) is 0.746. The number of carbonyl (C=O) groups excluding carboxylic acids is 1. The average molecular weight is 376 g/mol. The molecule has 2 aromatic heterocycles. The molecule has 2 heterocycles. The number of furan rings is 1. The van der Waals surface area contributed by atoms with Crippen molar-refractivity contribution in [3.63, 3.8) is 0 Å². The number of fused-ring (bicyclic) bond motifs is 1. The number of benzene rings is 2. The maximum Gasteiger partial charge on any atom is 0.233 e. The summed E-state index contributed by atoms with van der Waals surface area (Å²) in [6.45, 7) is 4.50. The Morgan fingerprint density at radius 3 is 2.52 bits per heavy atom. The van der Waals surface area contributed by atoms with Crippen LogP contribution in [0, 0.1) is 13.8 Å². The van der Waals surface area contributed by atoms with Gasteiger partial charge in [-0.2, -0.15) is 0 Å². The van der Waals surface area contributed by atoms with E-state index in [0.717, 1.165) is 27.1 Å². The number of nitrogens with zero attached hydrogens (tertiary/aromatic N) is 2. The summed E-state index contributed by atoms with van der Waals surface area (Å²) in [5, 5.41) is 0.708. The Kier molecular flexibility index (Phi) is 4.77. The molecule has 0 N–H and O–H groups in total. The van der Waals surface area contributed by atoms with Crippen LogP contribution in [0.4, 0.5) is 5.13 Å². The molecular formula is C22H20N2O2S. The minimum absolute atomic E-state index is 0.00645. The van der Waals surface area contributed by atoms with Gasteiger partial charge in [0.05, 0.1) is 29.4 Å². The third-order valence-electron chi connectivity index (χ3n) is 4.56. The highest BCUT2D eigenvalue weighted by molar-refractivity contribution is 7.22. The van der Waals surface area contributed by atoms with E-state index >= 15 is 0 Å². The van der Waals surface area contributed by atoms with E-state index in [1.54, 1.807) is 22.5 Å². The topological polar surface area (TPSA) is 46.3 Å². The van der Waals surface area contributed by atoms with Gasteiger partial charge in [-0.05, 0) is 42.7 Å².